The van der Waals surface area contributed by atoms with Crippen LogP contribution in [-0.2, 0) is 4.79 Å². The molecular weight excluding hydrogens is 126 g/mol. The van der Waals surface area contributed by atoms with Crippen LogP contribution in [0.1, 0.15) is 20.3 Å². The van der Waals surface area contributed by atoms with E-state index in [1.54, 1.807) is 0 Å². The first-order valence-corrected chi connectivity index (χ1v) is 3.70. The molecule has 0 amide bonds. The molecule has 0 aliphatic carbocycles. The van der Waals surface area contributed by atoms with Crippen LogP contribution in [0.3, 0.4) is 0 Å². The molecule has 0 aromatic carbocycles. The van der Waals surface area contributed by atoms with E-state index in [4.69, 9.17) is 0 Å². The molecule has 1 rings (SSSR count). The van der Waals surface area contributed by atoms with E-state index < -0.39 is 0 Å². The monoisotopic (exact) mass is 139 g/mol. The second-order valence-corrected chi connectivity index (χ2v) is 2.85. The van der Waals surface area contributed by atoms with Crippen LogP contribution in [0.4, 0.5) is 0 Å². The van der Waals surface area contributed by atoms with Crippen molar-refractivity contribution in [2.45, 2.75) is 20.3 Å². The van der Waals surface area contributed by atoms with Gasteiger partial charge in [0.05, 0.1) is 5.70 Å². The molecule has 56 valence electrons. The Kier molecular flexibility index (Phi) is 2.10. The minimum Gasteiger partial charge on any atom is -0.382 e. The van der Waals surface area contributed by atoms with Gasteiger partial charge in [-0.3, -0.25) is 4.79 Å². The maximum Gasteiger partial charge on any atom is 0.180 e. The molecule has 0 saturated carbocycles. The lowest BCUT2D eigenvalue weighted by Gasteiger charge is -2.04. The molecule has 0 aromatic rings. The van der Waals surface area contributed by atoms with Crippen LogP contribution in [0, 0.1) is 5.92 Å². The standard InChI is InChI=1S/C8H13NO/c1-6(2)8(10)7-4-3-5-9-7/h4,6,9H,3,5H2,1-2H3. The third-order valence-electron chi connectivity index (χ3n) is 1.60. The first kappa shape index (κ1) is 7.32. The number of allylic oxidation sites excluding steroid dienone is 1. The summed E-state index contributed by atoms with van der Waals surface area (Å²) in [5.41, 5.74) is 0.815. The zero-order valence-electron chi connectivity index (χ0n) is 6.48. The topological polar surface area (TPSA) is 29.1 Å². The predicted molar refractivity (Wildman–Crippen MR) is 40.5 cm³/mol. The van der Waals surface area contributed by atoms with Crippen molar-refractivity contribution in [2.24, 2.45) is 5.92 Å². The molecule has 0 bridgehead atoms. The van der Waals surface area contributed by atoms with Gasteiger partial charge in [-0.2, -0.15) is 0 Å². The van der Waals surface area contributed by atoms with Crippen LogP contribution in [0.2, 0.25) is 0 Å². The Labute approximate surface area is 61.3 Å². The van der Waals surface area contributed by atoms with E-state index in [-0.39, 0.29) is 11.7 Å². The second kappa shape index (κ2) is 2.86. The summed E-state index contributed by atoms with van der Waals surface area (Å²) in [6, 6.07) is 0. The quantitative estimate of drug-likeness (QED) is 0.620. The van der Waals surface area contributed by atoms with Crippen molar-refractivity contribution in [3.05, 3.63) is 11.8 Å². The van der Waals surface area contributed by atoms with Gasteiger partial charge in [0.2, 0.25) is 0 Å². The van der Waals surface area contributed by atoms with E-state index >= 15 is 0 Å². The molecule has 1 N–H and O–H groups in total. The molecule has 0 spiro atoms. The molecule has 1 heterocycles. The first-order valence-electron chi connectivity index (χ1n) is 3.70. The molecule has 0 aromatic heterocycles. The van der Waals surface area contributed by atoms with Gasteiger partial charge >= 0.3 is 0 Å². The number of hydrogen-bond donors (Lipinski definition) is 1. The maximum atomic E-state index is 11.2. The van der Waals surface area contributed by atoms with Crippen molar-refractivity contribution >= 4 is 5.78 Å². The molecule has 10 heavy (non-hydrogen) atoms. The zero-order valence-corrected chi connectivity index (χ0v) is 6.48. The third-order valence-corrected chi connectivity index (χ3v) is 1.60. The fraction of sp³-hybridized carbons (Fsp3) is 0.625. The molecule has 1 aliphatic heterocycles. The predicted octanol–water partition coefficient (Wildman–Crippen LogP) is 1.09. The minimum atomic E-state index is 0.122. The smallest absolute Gasteiger partial charge is 0.180 e. The molecular formula is C8H13NO. The van der Waals surface area contributed by atoms with Crippen molar-refractivity contribution in [1.29, 1.82) is 0 Å². The Morgan fingerprint density at radius 2 is 2.40 bits per heavy atom. The number of carbonyl (C=O) groups excluding carboxylic acids is 1. The van der Waals surface area contributed by atoms with Gasteiger partial charge in [0.1, 0.15) is 0 Å². The van der Waals surface area contributed by atoms with Gasteiger partial charge in [-0.25, -0.2) is 0 Å². The van der Waals surface area contributed by atoms with Gasteiger partial charge in [0.15, 0.2) is 5.78 Å². The molecule has 0 atom stereocenters. The number of carbonyl (C=O) groups is 1. The highest BCUT2D eigenvalue weighted by atomic mass is 16.1. The zero-order chi connectivity index (χ0) is 7.56. The third kappa shape index (κ3) is 1.38. The Hall–Kier alpha value is -0.790. The van der Waals surface area contributed by atoms with Gasteiger partial charge < -0.3 is 5.32 Å². The maximum absolute atomic E-state index is 11.2. The fourth-order valence-electron chi connectivity index (χ4n) is 0.994. The molecule has 1 aliphatic rings. The molecule has 0 fully saturated rings. The number of nitrogens with one attached hydrogen (secondary N) is 1. The highest BCUT2D eigenvalue weighted by Crippen LogP contribution is 2.07. The summed E-state index contributed by atoms with van der Waals surface area (Å²) in [6.45, 7) is 4.76. The van der Waals surface area contributed by atoms with Crippen molar-refractivity contribution in [3.8, 4) is 0 Å². The van der Waals surface area contributed by atoms with E-state index in [1.807, 2.05) is 19.9 Å². The lowest BCUT2D eigenvalue weighted by molar-refractivity contribution is -0.118. The highest BCUT2D eigenvalue weighted by Gasteiger charge is 2.15. The van der Waals surface area contributed by atoms with Crippen molar-refractivity contribution in [2.75, 3.05) is 6.54 Å². The van der Waals surface area contributed by atoms with Crippen molar-refractivity contribution in [1.82, 2.24) is 5.32 Å². The summed E-state index contributed by atoms with van der Waals surface area (Å²) in [4.78, 5) is 11.2. The van der Waals surface area contributed by atoms with Crippen LogP contribution in [0.5, 0.6) is 0 Å². The summed E-state index contributed by atoms with van der Waals surface area (Å²) < 4.78 is 0. The Morgan fingerprint density at radius 1 is 1.70 bits per heavy atom. The number of ketones is 1. The van der Waals surface area contributed by atoms with E-state index in [0.717, 1.165) is 18.7 Å². The van der Waals surface area contributed by atoms with Crippen LogP contribution >= 0.6 is 0 Å². The minimum absolute atomic E-state index is 0.122. The SMILES string of the molecule is CC(C)C(=O)C1=CCCN1. The van der Waals surface area contributed by atoms with Crippen LogP contribution in [-0.4, -0.2) is 12.3 Å². The van der Waals surface area contributed by atoms with E-state index in [9.17, 15) is 4.79 Å². The Bertz CT molecular complexity index is 170. The summed E-state index contributed by atoms with van der Waals surface area (Å²) in [5.74, 6) is 0.356. The first-order chi connectivity index (χ1) is 4.72. The second-order valence-electron chi connectivity index (χ2n) is 2.85. The van der Waals surface area contributed by atoms with Gasteiger partial charge in [0.25, 0.3) is 0 Å². The van der Waals surface area contributed by atoms with Gasteiger partial charge in [0, 0.05) is 12.5 Å². The van der Waals surface area contributed by atoms with E-state index in [0.29, 0.717) is 0 Å². The Morgan fingerprint density at radius 3 is 2.80 bits per heavy atom. The highest BCUT2D eigenvalue weighted by molar-refractivity contribution is 5.96. The lowest BCUT2D eigenvalue weighted by atomic mass is 10.1. The lowest BCUT2D eigenvalue weighted by Crippen LogP contribution is -2.19. The van der Waals surface area contributed by atoms with Crippen LogP contribution in [0.25, 0.3) is 0 Å². The summed E-state index contributed by atoms with van der Waals surface area (Å²) in [5, 5.41) is 3.05. The van der Waals surface area contributed by atoms with Gasteiger partial charge in [-0.1, -0.05) is 19.9 Å². The van der Waals surface area contributed by atoms with Gasteiger partial charge in [-0.05, 0) is 6.42 Å². The van der Waals surface area contributed by atoms with Crippen LogP contribution in [0.15, 0.2) is 11.8 Å². The van der Waals surface area contributed by atoms with E-state index in [2.05, 4.69) is 5.32 Å². The Balaban J connectivity index is 2.56. The van der Waals surface area contributed by atoms with Crippen LogP contribution < -0.4 is 5.32 Å². The number of hydrogen-bond acceptors (Lipinski definition) is 2. The normalized spacial score (nSPS) is 16.9. The average molecular weight is 139 g/mol. The fourth-order valence-corrected chi connectivity index (χ4v) is 0.994. The molecule has 0 saturated heterocycles. The van der Waals surface area contributed by atoms with Gasteiger partial charge in [-0.15, -0.1) is 0 Å². The molecule has 2 nitrogen and oxygen atoms in total. The summed E-state index contributed by atoms with van der Waals surface area (Å²) in [7, 11) is 0. The van der Waals surface area contributed by atoms with E-state index in [1.165, 1.54) is 0 Å². The van der Waals surface area contributed by atoms with Crippen molar-refractivity contribution < 1.29 is 4.79 Å². The number of rotatable bonds is 2. The molecule has 2 heteroatoms. The summed E-state index contributed by atoms with van der Waals surface area (Å²) >= 11 is 0. The van der Waals surface area contributed by atoms with Crippen molar-refractivity contribution in [3.63, 3.8) is 0 Å². The molecule has 0 unspecified atom stereocenters. The number of Topliss-reactive ketones (excluding diaryl/α,β-unsaturated/α-hetero) is 1. The summed E-state index contributed by atoms with van der Waals surface area (Å²) in [6.07, 6.45) is 2.97. The molecule has 0 radical (unpaired) electrons. The average Bonchev–Trinajstić information content (AvgIpc) is 2.36. The largest absolute Gasteiger partial charge is 0.382 e.